The number of hydrogen-bond donors (Lipinski definition) is 0. The lowest BCUT2D eigenvalue weighted by Gasteiger charge is -2.36. The third kappa shape index (κ3) is 4.00. The maximum absolute atomic E-state index is 12.6. The van der Waals surface area contributed by atoms with Gasteiger partial charge in [-0.05, 0) is 19.1 Å². The van der Waals surface area contributed by atoms with Crippen LogP contribution in [0.2, 0.25) is 0 Å². The van der Waals surface area contributed by atoms with Crippen LogP contribution >= 0.6 is 0 Å². The van der Waals surface area contributed by atoms with E-state index >= 15 is 0 Å². The molecule has 2 aliphatic rings. The zero-order valence-corrected chi connectivity index (χ0v) is 15.5. The Balaban J connectivity index is 1.43. The molecule has 0 unspecified atom stereocenters. The lowest BCUT2D eigenvalue weighted by Crippen LogP contribution is -2.49. The van der Waals surface area contributed by atoms with Gasteiger partial charge in [0.1, 0.15) is 5.82 Å². The molecule has 0 spiro atoms. The number of anilines is 2. The number of piperazine rings is 1. The van der Waals surface area contributed by atoms with E-state index in [0.717, 1.165) is 43.6 Å². The first-order chi connectivity index (χ1) is 13.2. The Morgan fingerprint density at radius 1 is 1.04 bits per heavy atom. The van der Waals surface area contributed by atoms with Crippen LogP contribution in [0.25, 0.3) is 0 Å². The molecule has 0 radical (unpaired) electrons. The molecule has 0 aliphatic carbocycles. The molecular weight excluding hydrogens is 344 g/mol. The maximum atomic E-state index is 12.6. The van der Waals surface area contributed by atoms with Gasteiger partial charge >= 0.3 is 0 Å². The summed E-state index contributed by atoms with van der Waals surface area (Å²) in [6.45, 7) is 7.90. The van der Waals surface area contributed by atoms with Crippen molar-refractivity contribution in [3.05, 3.63) is 41.9 Å². The first-order valence-electron chi connectivity index (χ1n) is 9.33. The highest BCUT2D eigenvalue weighted by Gasteiger charge is 2.24. The largest absolute Gasteiger partial charge is 0.378 e. The number of nitrogens with zero attached hydrogens (tertiary/aromatic N) is 6. The molecule has 4 heterocycles. The van der Waals surface area contributed by atoms with Gasteiger partial charge in [0.05, 0.1) is 18.8 Å². The monoisotopic (exact) mass is 368 g/mol. The summed E-state index contributed by atoms with van der Waals surface area (Å²) in [7, 11) is 0. The van der Waals surface area contributed by atoms with Gasteiger partial charge in [-0.2, -0.15) is 4.98 Å². The van der Waals surface area contributed by atoms with Crippen LogP contribution in [0.1, 0.15) is 16.1 Å². The van der Waals surface area contributed by atoms with Crippen molar-refractivity contribution >= 4 is 17.7 Å². The molecule has 0 N–H and O–H groups in total. The van der Waals surface area contributed by atoms with Crippen LogP contribution in [0.3, 0.4) is 0 Å². The SMILES string of the molecule is Cc1cc(N2CCN(C(=O)c3cccnc3)CC2)nc(N2CCOCC2)n1. The van der Waals surface area contributed by atoms with Crippen molar-refractivity contribution in [3.8, 4) is 0 Å². The molecule has 2 aromatic heterocycles. The highest BCUT2D eigenvalue weighted by atomic mass is 16.5. The molecule has 2 fully saturated rings. The number of ether oxygens (including phenoxy) is 1. The lowest BCUT2D eigenvalue weighted by molar-refractivity contribution is 0.0746. The Morgan fingerprint density at radius 3 is 2.52 bits per heavy atom. The van der Waals surface area contributed by atoms with Gasteiger partial charge in [-0.3, -0.25) is 9.78 Å². The Hall–Kier alpha value is -2.74. The van der Waals surface area contributed by atoms with E-state index in [-0.39, 0.29) is 5.91 Å². The topological polar surface area (TPSA) is 74.7 Å². The van der Waals surface area contributed by atoms with Crippen LogP contribution in [0.15, 0.2) is 30.6 Å². The number of hydrogen-bond acceptors (Lipinski definition) is 7. The van der Waals surface area contributed by atoms with Crippen LogP contribution in [-0.2, 0) is 4.74 Å². The zero-order valence-electron chi connectivity index (χ0n) is 15.5. The summed E-state index contributed by atoms with van der Waals surface area (Å²) < 4.78 is 5.42. The Bertz CT molecular complexity index is 786. The summed E-state index contributed by atoms with van der Waals surface area (Å²) in [6.07, 6.45) is 3.30. The number of carbonyl (C=O) groups is 1. The van der Waals surface area contributed by atoms with E-state index in [4.69, 9.17) is 9.72 Å². The van der Waals surface area contributed by atoms with Gasteiger partial charge in [-0.1, -0.05) is 0 Å². The quantitative estimate of drug-likeness (QED) is 0.799. The van der Waals surface area contributed by atoms with E-state index in [2.05, 4.69) is 19.8 Å². The second kappa shape index (κ2) is 7.87. The standard InChI is InChI=1S/C19H24N6O2/c1-15-13-17(22-19(21-15)25-9-11-27-12-10-25)23-5-7-24(8-6-23)18(26)16-3-2-4-20-14-16/h2-4,13-14H,5-12H2,1H3. The summed E-state index contributed by atoms with van der Waals surface area (Å²) in [5.74, 6) is 1.73. The highest BCUT2D eigenvalue weighted by molar-refractivity contribution is 5.94. The molecule has 8 heteroatoms. The predicted molar refractivity (Wildman–Crippen MR) is 102 cm³/mol. The summed E-state index contributed by atoms with van der Waals surface area (Å²) in [6, 6.07) is 5.62. The number of carbonyl (C=O) groups excluding carboxylic acids is 1. The highest BCUT2D eigenvalue weighted by Crippen LogP contribution is 2.20. The fourth-order valence-corrected chi connectivity index (χ4v) is 3.41. The summed E-state index contributed by atoms with van der Waals surface area (Å²) in [5, 5.41) is 0. The van der Waals surface area contributed by atoms with E-state index in [9.17, 15) is 4.79 Å². The number of rotatable bonds is 3. The van der Waals surface area contributed by atoms with Crippen LogP contribution < -0.4 is 9.80 Å². The molecule has 1 amide bonds. The smallest absolute Gasteiger partial charge is 0.255 e. The number of aromatic nitrogens is 3. The summed E-state index contributed by atoms with van der Waals surface area (Å²) in [4.78, 5) is 32.3. The Kier molecular flexibility index (Phi) is 5.15. The summed E-state index contributed by atoms with van der Waals surface area (Å²) >= 11 is 0. The van der Waals surface area contributed by atoms with Crippen molar-refractivity contribution in [2.45, 2.75) is 6.92 Å². The van der Waals surface area contributed by atoms with Crippen molar-refractivity contribution in [2.24, 2.45) is 0 Å². The van der Waals surface area contributed by atoms with Crippen molar-refractivity contribution in [1.29, 1.82) is 0 Å². The van der Waals surface area contributed by atoms with Crippen molar-refractivity contribution in [3.63, 3.8) is 0 Å². The number of amides is 1. The van der Waals surface area contributed by atoms with E-state index in [0.29, 0.717) is 31.9 Å². The average molecular weight is 368 g/mol. The van der Waals surface area contributed by atoms with E-state index < -0.39 is 0 Å². The fraction of sp³-hybridized carbons (Fsp3) is 0.474. The van der Waals surface area contributed by atoms with Gasteiger partial charge < -0.3 is 19.4 Å². The molecule has 8 nitrogen and oxygen atoms in total. The molecule has 2 aliphatic heterocycles. The van der Waals surface area contributed by atoms with Gasteiger partial charge in [0.15, 0.2) is 0 Å². The molecule has 0 saturated carbocycles. The Morgan fingerprint density at radius 2 is 1.81 bits per heavy atom. The van der Waals surface area contributed by atoms with Gasteiger partial charge in [0.2, 0.25) is 5.95 Å². The number of pyridine rings is 1. The van der Waals surface area contributed by atoms with Crippen molar-refractivity contribution < 1.29 is 9.53 Å². The van der Waals surface area contributed by atoms with Gasteiger partial charge in [-0.15, -0.1) is 0 Å². The molecule has 0 atom stereocenters. The maximum Gasteiger partial charge on any atom is 0.255 e. The molecule has 0 bridgehead atoms. The minimum Gasteiger partial charge on any atom is -0.378 e. The minimum absolute atomic E-state index is 0.0376. The van der Waals surface area contributed by atoms with E-state index in [1.54, 1.807) is 18.5 Å². The van der Waals surface area contributed by atoms with Crippen molar-refractivity contribution in [1.82, 2.24) is 19.9 Å². The van der Waals surface area contributed by atoms with E-state index in [1.165, 1.54) is 0 Å². The number of aryl methyl sites for hydroxylation is 1. The normalized spacial score (nSPS) is 17.9. The van der Waals surface area contributed by atoms with Gasteiger partial charge in [0.25, 0.3) is 5.91 Å². The zero-order chi connectivity index (χ0) is 18.6. The third-order valence-electron chi connectivity index (χ3n) is 4.92. The molecule has 142 valence electrons. The van der Waals surface area contributed by atoms with Crippen LogP contribution in [0.5, 0.6) is 0 Å². The molecule has 0 aromatic carbocycles. The molecular formula is C19H24N6O2. The number of morpholine rings is 1. The third-order valence-corrected chi connectivity index (χ3v) is 4.92. The predicted octanol–water partition coefficient (Wildman–Crippen LogP) is 0.979. The first kappa shape index (κ1) is 17.7. The molecule has 4 rings (SSSR count). The van der Waals surface area contributed by atoms with Crippen molar-refractivity contribution in [2.75, 3.05) is 62.3 Å². The Labute approximate surface area is 158 Å². The van der Waals surface area contributed by atoms with Gasteiger partial charge in [0, 0.05) is 63.4 Å². The molecule has 27 heavy (non-hydrogen) atoms. The summed E-state index contributed by atoms with van der Waals surface area (Å²) in [5.41, 5.74) is 1.59. The second-order valence-electron chi connectivity index (χ2n) is 6.79. The fourth-order valence-electron chi connectivity index (χ4n) is 3.41. The first-order valence-corrected chi connectivity index (χ1v) is 9.33. The second-order valence-corrected chi connectivity index (χ2v) is 6.79. The minimum atomic E-state index is 0.0376. The average Bonchev–Trinajstić information content (AvgIpc) is 2.74. The molecule has 2 saturated heterocycles. The van der Waals surface area contributed by atoms with E-state index in [1.807, 2.05) is 24.0 Å². The van der Waals surface area contributed by atoms with Crippen LogP contribution in [0, 0.1) is 6.92 Å². The van der Waals surface area contributed by atoms with Gasteiger partial charge in [-0.25, -0.2) is 4.98 Å². The van der Waals surface area contributed by atoms with Crippen LogP contribution in [0.4, 0.5) is 11.8 Å². The van der Waals surface area contributed by atoms with Crippen LogP contribution in [-0.4, -0.2) is 78.2 Å². The lowest BCUT2D eigenvalue weighted by atomic mass is 10.2. The molecule has 2 aromatic rings.